The fourth-order valence-electron chi connectivity index (χ4n) is 3.64. The molecule has 0 bridgehead atoms. The summed E-state index contributed by atoms with van der Waals surface area (Å²) in [5, 5.41) is 7.78. The van der Waals surface area contributed by atoms with Gasteiger partial charge in [-0.05, 0) is 23.8 Å². The molecule has 0 unspecified atom stereocenters. The molecule has 0 atom stereocenters. The first-order chi connectivity index (χ1) is 16.5. The Morgan fingerprint density at radius 2 is 1.59 bits per heavy atom. The number of rotatable bonds is 8. The zero-order valence-electron chi connectivity index (χ0n) is 18.5. The Morgan fingerprint density at radius 1 is 0.912 bits per heavy atom. The minimum absolute atomic E-state index is 0.0179. The third-order valence-electron chi connectivity index (χ3n) is 5.50. The number of nitrogens with zero attached hydrogens (tertiary/aromatic N) is 3. The maximum Gasteiger partial charge on any atom is 0.240 e. The molecule has 2 N–H and O–H groups in total. The third kappa shape index (κ3) is 6.66. The van der Waals surface area contributed by atoms with Crippen molar-refractivity contribution in [3.8, 4) is 11.3 Å². The van der Waals surface area contributed by atoms with Gasteiger partial charge in [0.1, 0.15) is 0 Å². The van der Waals surface area contributed by atoms with Crippen molar-refractivity contribution in [2.45, 2.75) is 6.54 Å². The molecular formula is C24H25F2N5O2S. The van der Waals surface area contributed by atoms with Crippen LogP contribution in [0.15, 0.2) is 53.9 Å². The van der Waals surface area contributed by atoms with E-state index in [0.717, 1.165) is 17.7 Å². The first-order valence-electron chi connectivity index (χ1n) is 10.9. The quantitative estimate of drug-likeness (QED) is 0.513. The van der Waals surface area contributed by atoms with Crippen LogP contribution in [0, 0.1) is 11.6 Å². The zero-order chi connectivity index (χ0) is 23.9. The van der Waals surface area contributed by atoms with Crippen LogP contribution in [0.3, 0.4) is 0 Å². The number of thiazole rings is 1. The minimum Gasteiger partial charge on any atom is -0.351 e. The van der Waals surface area contributed by atoms with E-state index in [4.69, 9.17) is 0 Å². The van der Waals surface area contributed by atoms with E-state index >= 15 is 0 Å². The summed E-state index contributed by atoms with van der Waals surface area (Å²) < 4.78 is 26.6. The summed E-state index contributed by atoms with van der Waals surface area (Å²) in [6, 6.07) is 13.3. The number of nitrogens with one attached hydrogen (secondary N) is 2. The Hall–Kier alpha value is -3.21. The van der Waals surface area contributed by atoms with Crippen LogP contribution in [0.1, 0.15) is 5.56 Å². The lowest BCUT2D eigenvalue weighted by Gasteiger charge is -2.33. The number of amides is 2. The summed E-state index contributed by atoms with van der Waals surface area (Å²) in [6.45, 7) is 3.81. The average Bonchev–Trinajstić information content (AvgIpc) is 3.30. The van der Waals surface area contributed by atoms with Crippen molar-refractivity contribution in [2.75, 3.05) is 44.6 Å². The lowest BCUT2D eigenvalue weighted by Crippen LogP contribution is -2.50. The first kappa shape index (κ1) is 23.9. The fourth-order valence-corrected chi connectivity index (χ4v) is 4.38. The second-order valence-electron chi connectivity index (χ2n) is 8.03. The van der Waals surface area contributed by atoms with Gasteiger partial charge in [-0.2, -0.15) is 0 Å². The number of carbonyl (C=O) groups excluding carboxylic acids is 2. The van der Waals surface area contributed by atoms with E-state index in [1.807, 2.05) is 35.2 Å². The molecule has 10 heteroatoms. The van der Waals surface area contributed by atoms with Gasteiger partial charge in [0.05, 0.1) is 18.8 Å². The highest BCUT2D eigenvalue weighted by molar-refractivity contribution is 7.14. The molecule has 1 aliphatic rings. The van der Waals surface area contributed by atoms with Crippen molar-refractivity contribution in [1.82, 2.24) is 20.1 Å². The number of hydrogen-bond donors (Lipinski definition) is 2. The first-order valence-corrected chi connectivity index (χ1v) is 11.8. The maximum absolute atomic E-state index is 13.4. The highest BCUT2D eigenvalue weighted by Gasteiger charge is 2.21. The second kappa shape index (κ2) is 11.3. The van der Waals surface area contributed by atoms with E-state index in [-0.39, 0.29) is 18.4 Å². The number of hydrogen-bond acceptors (Lipinski definition) is 6. The van der Waals surface area contributed by atoms with Gasteiger partial charge in [0.25, 0.3) is 0 Å². The number of piperazine rings is 1. The van der Waals surface area contributed by atoms with E-state index in [0.29, 0.717) is 55.7 Å². The van der Waals surface area contributed by atoms with Gasteiger partial charge in [0.2, 0.25) is 11.8 Å². The molecule has 1 aliphatic heterocycles. The molecule has 3 aromatic rings. The number of halogens is 2. The molecule has 0 radical (unpaired) electrons. The molecule has 2 heterocycles. The Labute approximate surface area is 200 Å². The lowest BCUT2D eigenvalue weighted by atomic mass is 10.2. The molecule has 7 nitrogen and oxygen atoms in total. The molecule has 0 aliphatic carbocycles. The summed E-state index contributed by atoms with van der Waals surface area (Å²) in [5.41, 5.74) is 1.97. The lowest BCUT2D eigenvalue weighted by molar-refractivity contribution is -0.123. The van der Waals surface area contributed by atoms with Gasteiger partial charge in [-0.15, -0.1) is 11.3 Å². The van der Waals surface area contributed by atoms with Gasteiger partial charge in [-0.25, -0.2) is 13.8 Å². The van der Waals surface area contributed by atoms with Gasteiger partial charge in [-0.3, -0.25) is 19.4 Å². The minimum atomic E-state index is -0.941. The van der Waals surface area contributed by atoms with E-state index in [9.17, 15) is 18.4 Å². The normalized spacial score (nSPS) is 14.6. The van der Waals surface area contributed by atoms with Crippen LogP contribution in [0.25, 0.3) is 11.3 Å². The largest absolute Gasteiger partial charge is 0.351 e. The average molecular weight is 486 g/mol. The highest BCUT2D eigenvalue weighted by Crippen LogP contribution is 2.26. The molecule has 4 rings (SSSR count). The van der Waals surface area contributed by atoms with Crippen LogP contribution in [0.4, 0.5) is 13.9 Å². The molecular weight excluding hydrogens is 460 g/mol. The molecule has 2 aromatic carbocycles. The smallest absolute Gasteiger partial charge is 0.240 e. The Balaban J connectivity index is 1.18. The second-order valence-corrected chi connectivity index (χ2v) is 8.89. The third-order valence-corrected chi connectivity index (χ3v) is 6.26. The topological polar surface area (TPSA) is 77.6 Å². The van der Waals surface area contributed by atoms with E-state index in [1.165, 1.54) is 17.4 Å². The molecule has 0 saturated carbocycles. The number of benzene rings is 2. The van der Waals surface area contributed by atoms with Crippen molar-refractivity contribution in [3.05, 3.63) is 71.1 Å². The number of aromatic nitrogens is 1. The van der Waals surface area contributed by atoms with Gasteiger partial charge >= 0.3 is 0 Å². The molecule has 1 fully saturated rings. The van der Waals surface area contributed by atoms with Crippen LogP contribution < -0.4 is 10.6 Å². The van der Waals surface area contributed by atoms with Gasteiger partial charge in [0.15, 0.2) is 16.8 Å². The van der Waals surface area contributed by atoms with Crippen LogP contribution in [0.5, 0.6) is 0 Å². The number of anilines is 1. The van der Waals surface area contributed by atoms with Crippen molar-refractivity contribution in [2.24, 2.45) is 0 Å². The molecule has 178 valence electrons. The van der Waals surface area contributed by atoms with E-state index in [1.54, 1.807) is 5.38 Å². The predicted octanol–water partition coefficient (Wildman–Crippen LogP) is 2.96. The molecule has 2 amide bonds. The maximum atomic E-state index is 13.4. The molecule has 1 aromatic heterocycles. The Morgan fingerprint density at radius 3 is 2.26 bits per heavy atom. The highest BCUT2D eigenvalue weighted by atomic mass is 32.1. The summed E-state index contributed by atoms with van der Waals surface area (Å²) >= 11 is 1.22. The summed E-state index contributed by atoms with van der Waals surface area (Å²) in [6.07, 6.45) is 0. The predicted molar refractivity (Wildman–Crippen MR) is 127 cm³/mol. The standard InChI is InChI=1S/C24H25F2N5O2S/c25-19-7-6-18(12-20(19)26)21-16-34-24(28-21)29-23(33)15-31-10-8-30(9-11-31)14-22(32)27-13-17-4-2-1-3-5-17/h1-7,12,16H,8-11,13-15H2,(H,27,32)(H,28,29,33). The summed E-state index contributed by atoms with van der Waals surface area (Å²) in [5.74, 6) is -2.07. The van der Waals surface area contributed by atoms with Crippen LogP contribution in [-0.2, 0) is 16.1 Å². The van der Waals surface area contributed by atoms with Crippen LogP contribution in [-0.4, -0.2) is 65.9 Å². The van der Waals surface area contributed by atoms with Crippen molar-refractivity contribution < 1.29 is 18.4 Å². The molecule has 0 spiro atoms. The van der Waals surface area contributed by atoms with Crippen molar-refractivity contribution in [3.63, 3.8) is 0 Å². The Bertz CT molecular complexity index is 1130. The van der Waals surface area contributed by atoms with Crippen molar-refractivity contribution in [1.29, 1.82) is 0 Å². The van der Waals surface area contributed by atoms with Gasteiger partial charge in [0, 0.05) is 43.7 Å². The van der Waals surface area contributed by atoms with Gasteiger partial charge < -0.3 is 10.6 Å². The molecule has 34 heavy (non-hydrogen) atoms. The Kier molecular flexibility index (Phi) is 7.94. The van der Waals surface area contributed by atoms with Crippen molar-refractivity contribution >= 4 is 28.3 Å². The van der Waals surface area contributed by atoms with Gasteiger partial charge in [-0.1, -0.05) is 30.3 Å². The van der Waals surface area contributed by atoms with E-state index < -0.39 is 11.6 Å². The van der Waals surface area contributed by atoms with Crippen LogP contribution >= 0.6 is 11.3 Å². The van der Waals surface area contributed by atoms with E-state index in [2.05, 4.69) is 20.5 Å². The van der Waals surface area contributed by atoms with Crippen LogP contribution in [0.2, 0.25) is 0 Å². The fraction of sp³-hybridized carbons (Fsp3) is 0.292. The molecule has 1 saturated heterocycles. The monoisotopic (exact) mass is 485 g/mol. The SMILES string of the molecule is O=C(CN1CCN(CC(=O)Nc2nc(-c3ccc(F)c(F)c3)cs2)CC1)NCc1ccccc1. The summed E-state index contributed by atoms with van der Waals surface area (Å²) in [7, 11) is 0. The summed E-state index contributed by atoms with van der Waals surface area (Å²) in [4.78, 5) is 33.0. The zero-order valence-corrected chi connectivity index (χ0v) is 19.3. The number of carbonyl (C=O) groups is 2.